The zero-order valence-electron chi connectivity index (χ0n) is 11.2. The molecule has 0 saturated carbocycles. The number of alkyl halides is 1. The van der Waals surface area contributed by atoms with E-state index >= 15 is 0 Å². The Labute approximate surface area is 118 Å². The molecule has 0 spiro atoms. The molecule has 2 atom stereocenters. The first-order valence-electron chi connectivity index (χ1n) is 6.94. The van der Waals surface area contributed by atoms with Gasteiger partial charge in [-0.15, -0.1) is 11.6 Å². The summed E-state index contributed by atoms with van der Waals surface area (Å²) in [6, 6.07) is 8.60. The molecule has 3 rings (SSSR count). The number of benzene rings is 1. The van der Waals surface area contributed by atoms with E-state index in [4.69, 9.17) is 21.3 Å². The van der Waals surface area contributed by atoms with Gasteiger partial charge in [0.1, 0.15) is 5.82 Å². The highest BCUT2D eigenvalue weighted by Gasteiger charge is 2.26. The van der Waals surface area contributed by atoms with Crippen molar-refractivity contribution < 1.29 is 4.74 Å². The number of hydrogen-bond acceptors (Lipinski definition) is 2. The Hall–Kier alpha value is -1.06. The largest absolute Gasteiger partial charge is 0.376 e. The van der Waals surface area contributed by atoms with Crippen LogP contribution in [0.2, 0.25) is 0 Å². The van der Waals surface area contributed by atoms with Gasteiger partial charge in [0.2, 0.25) is 0 Å². The van der Waals surface area contributed by atoms with E-state index in [9.17, 15) is 0 Å². The van der Waals surface area contributed by atoms with E-state index in [0.29, 0.717) is 18.0 Å². The molecule has 102 valence electrons. The zero-order chi connectivity index (χ0) is 13.2. The summed E-state index contributed by atoms with van der Waals surface area (Å²) in [6.07, 6.45) is 3.39. The average Bonchev–Trinajstić information content (AvgIpc) is 3.06. The van der Waals surface area contributed by atoms with Crippen LogP contribution in [-0.2, 0) is 11.2 Å². The van der Waals surface area contributed by atoms with Gasteiger partial charge in [0.15, 0.2) is 0 Å². The van der Waals surface area contributed by atoms with Gasteiger partial charge in [0.25, 0.3) is 0 Å². The minimum atomic E-state index is 0.298. The molecule has 0 N–H and O–H groups in total. The fraction of sp³-hybridized carbons (Fsp3) is 0.533. The molecule has 3 nitrogen and oxygen atoms in total. The molecule has 0 amide bonds. The number of hydrogen-bond donors (Lipinski definition) is 0. The average molecular weight is 279 g/mol. The van der Waals surface area contributed by atoms with Crippen LogP contribution in [0.4, 0.5) is 0 Å². The molecule has 1 aliphatic heterocycles. The molecule has 2 unspecified atom stereocenters. The monoisotopic (exact) mass is 278 g/mol. The van der Waals surface area contributed by atoms with Gasteiger partial charge in [-0.2, -0.15) is 0 Å². The minimum absolute atomic E-state index is 0.298. The van der Waals surface area contributed by atoms with Gasteiger partial charge < -0.3 is 9.30 Å². The summed E-state index contributed by atoms with van der Waals surface area (Å²) >= 11 is 5.92. The van der Waals surface area contributed by atoms with Crippen molar-refractivity contribution in [1.29, 1.82) is 0 Å². The van der Waals surface area contributed by atoms with Crippen molar-refractivity contribution in [3.8, 4) is 0 Å². The summed E-state index contributed by atoms with van der Waals surface area (Å²) in [6.45, 7) is 3.11. The lowest BCUT2D eigenvalue weighted by atomic mass is 10.1. The van der Waals surface area contributed by atoms with Crippen molar-refractivity contribution in [2.75, 3.05) is 12.5 Å². The van der Waals surface area contributed by atoms with Crippen molar-refractivity contribution in [3.05, 3.63) is 30.1 Å². The van der Waals surface area contributed by atoms with E-state index in [1.807, 2.05) is 6.07 Å². The summed E-state index contributed by atoms with van der Waals surface area (Å²) in [7, 11) is 0. The third kappa shape index (κ3) is 2.37. The molecule has 1 aromatic heterocycles. The first-order chi connectivity index (χ1) is 9.31. The lowest BCUT2D eigenvalue weighted by molar-refractivity contribution is 0.0736. The second kappa shape index (κ2) is 5.51. The molecular weight excluding hydrogens is 260 g/mol. The smallest absolute Gasteiger partial charge is 0.111 e. The van der Waals surface area contributed by atoms with Gasteiger partial charge in [-0.3, -0.25) is 0 Å². The SMILES string of the molecule is CC(C1CCCO1)n1c(CCCl)nc2ccccc21. The van der Waals surface area contributed by atoms with E-state index in [-0.39, 0.29) is 0 Å². The molecular formula is C15H19ClN2O. The molecule has 2 aromatic rings. The maximum absolute atomic E-state index is 5.92. The third-order valence-electron chi connectivity index (χ3n) is 3.90. The maximum Gasteiger partial charge on any atom is 0.111 e. The van der Waals surface area contributed by atoms with Gasteiger partial charge >= 0.3 is 0 Å². The zero-order valence-corrected chi connectivity index (χ0v) is 11.9. The van der Waals surface area contributed by atoms with Crippen molar-refractivity contribution in [2.45, 2.75) is 38.3 Å². The van der Waals surface area contributed by atoms with E-state index in [0.717, 1.165) is 37.2 Å². The van der Waals surface area contributed by atoms with Gasteiger partial charge in [-0.1, -0.05) is 12.1 Å². The Morgan fingerprint density at radius 3 is 3.05 bits per heavy atom. The quantitative estimate of drug-likeness (QED) is 0.800. The molecule has 19 heavy (non-hydrogen) atoms. The second-order valence-corrected chi connectivity index (χ2v) is 5.50. The maximum atomic E-state index is 5.92. The predicted molar refractivity (Wildman–Crippen MR) is 77.8 cm³/mol. The predicted octanol–water partition coefficient (Wildman–Crippen LogP) is 3.56. The van der Waals surface area contributed by atoms with Gasteiger partial charge in [-0.05, 0) is 31.9 Å². The van der Waals surface area contributed by atoms with Crippen molar-refractivity contribution in [1.82, 2.24) is 9.55 Å². The number of rotatable bonds is 4. The normalized spacial score (nSPS) is 21.1. The molecule has 0 aliphatic carbocycles. The lowest BCUT2D eigenvalue weighted by Crippen LogP contribution is -2.22. The van der Waals surface area contributed by atoms with Crippen LogP contribution < -0.4 is 0 Å². The number of ether oxygens (including phenoxy) is 1. The van der Waals surface area contributed by atoms with Crippen LogP contribution in [0.15, 0.2) is 24.3 Å². The number of halogens is 1. The van der Waals surface area contributed by atoms with Crippen LogP contribution in [0.5, 0.6) is 0 Å². The Bertz CT molecular complexity index is 560. The Kier molecular flexibility index (Phi) is 3.76. The molecule has 2 heterocycles. The van der Waals surface area contributed by atoms with Gasteiger partial charge in [0, 0.05) is 18.9 Å². The highest BCUT2D eigenvalue weighted by molar-refractivity contribution is 6.17. The topological polar surface area (TPSA) is 27.1 Å². The van der Waals surface area contributed by atoms with E-state index in [1.54, 1.807) is 0 Å². The molecule has 4 heteroatoms. The molecule has 0 bridgehead atoms. The standard InChI is InChI=1S/C15H19ClN2O/c1-11(14-7-4-10-19-14)18-13-6-3-2-5-12(13)17-15(18)8-9-16/h2-3,5-6,11,14H,4,7-10H2,1H3. The van der Waals surface area contributed by atoms with E-state index in [1.165, 1.54) is 5.52 Å². The van der Waals surface area contributed by atoms with Crippen LogP contribution in [0.1, 0.15) is 31.6 Å². The highest BCUT2D eigenvalue weighted by Crippen LogP contribution is 2.29. The minimum Gasteiger partial charge on any atom is -0.376 e. The summed E-state index contributed by atoms with van der Waals surface area (Å²) in [5, 5.41) is 0. The van der Waals surface area contributed by atoms with Crippen LogP contribution >= 0.6 is 11.6 Å². The fourth-order valence-corrected chi connectivity index (χ4v) is 3.13. The van der Waals surface area contributed by atoms with Crippen LogP contribution in [0.3, 0.4) is 0 Å². The molecule has 1 aliphatic rings. The van der Waals surface area contributed by atoms with Crippen LogP contribution in [-0.4, -0.2) is 28.1 Å². The summed E-state index contributed by atoms with van der Waals surface area (Å²) in [5.74, 6) is 1.67. The van der Waals surface area contributed by atoms with Crippen molar-refractivity contribution in [3.63, 3.8) is 0 Å². The number of fused-ring (bicyclic) bond motifs is 1. The van der Waals surface area contributed by atoms with Crippen molar-refractivity contribution in [2.24, 2.45) is 0 Å². The van der Waals surface area contributed by atoms with Crippen LogP contribution in [0, 0.1) is 0 Å². The molecule has 0 radical (unpaired) electrons. The molecule has 1 saturated heterocycles. The van der Waals surface area contributed by atoms with Crippen molar-refractivity contribution >= 4 is 22.6 Å². The lowest BCUT2D eigenvalue weighted by Gasteiger charge is -2.23. The summed E-state index contributed by atoms with van der Waals surface area (Å²) in [5.41, 5.74) is 2.23. The summed E-state index contributed by atoms with van der Waals surface area (Å²) in [4.78, 5) is 4.72. The fourth-order valence-electron chi connectivity index (χ4n) is 2.96. The number of para-hydroxylation sites is 2. The number of aromatic nitrogens is 2. The van der Waals surface area contributed by atoms with Crippen LogP contribution in [0.25, 0.3) is 11.0 Å². The van der Waals surface area contributed by atoms with Gasteiger partial charge in [0.05, 0.1) is 23.2 Å². The Balaban J connectivity index is 2.05. The van der Waals surface area contributed by atoms with E-state index in [2.05, 4.69) is 29.7 Å². The van der Waals surface area contributed by atoms with E-state index < -0.39 is 0 Å². The number of aryl methyl sites for hydroxylation is 1. The van der Waals surface area contributed by atoms with Gasteiger partial charge in [-0.25, -0.2) is 4.98 Å². The highest BCUT2D eigenvalue weighted by atomic mass is 35.5. The number of nitrogens with zero attached hydrogens (tertiary/aromatic N) is 2. The molecule has 1 aromatic carbocycles. The third-order valence-corrected chi connectivity index (χ3v) is 4.09. The second-order valence-electron chi connectivity index (χ2n) is 5.12. The first-order valence-corrected chi connectivity index (χ1v) is 7.48. The Morgan fingerprint density at radius 1 is 1.47 bits per heavy atom. The first kappa shape index (κ1) is 12.9. The Morgan fingerprint density at radius 2 is 2.32 bits per heavy atom. The number of imidazole rings is 1. The molecule has 1 fully saturated rings. The summed E-state index contributed by atoms with van der Waals surface area (Å²) < 4.78 is 8.15.